The molecule has 0 bridgehead atoms. The lowest BCUT2D eigenvalue weighted by atomic mass is 9.95. The first kappa shape index (κ1) is 29.1. The molecule has 224 valence electrons. The molecule has 44 heavy (non-hydrogen) atoms. The molecule has 0 atom stereocenters. The number of fused-ring (bicyclic) bond motifs is 1. The summed E-state index contributed by atoms with van der Waals surface area (Å²) >= 11 is 1.62. The lowest BCUT2D eigenvalue weighted by Gasteiger charge is -2.27. The number of carbonyl (C=O) groups is 4. The molecular formula is C34H32N4O5S. The molecule has 5 amide bonds. The summed E-state index contributed by atoms with van der Waals surface area (Å²) in [7, 11) is 0. The monoisotopic (exact) mass is 608 g/mol. The van der Waals surface area contributed by atoms with Crippen molar-refractivity contribution in [3.8, 4) is 10.8 Å². The van der Waals surface area contributed by atoms with Gasteiger partial charge in [0.1, 0.15) is 16.3 Å². The van der Waals surface area contributed by atoms with Crippen molar-refractivity contribution >= 4 is 52.5 Å². The van der Waals surface area contributed by atoms with E-state index in [1.807, 2.05) is 54.8 Å². The van der Waals surface area contributed by atoms with Crippen molar-refractivity contribution in [2.24, 2.45) is 0 Å². The number of carbonyl (C=O) groups excluding carboxylic acids is 4. The Balaban J connectivity index is 1.41. The maximum absolute atomic E-state index is 13.8. The van der Waals surface area contributed by atoms with Crippen LogP contribution in [0.25, 0.3) is 11.1 Å². The lowest BCUT2D eigenvalue weighted by Crippen LogP contribution is -2.54. The number of rotatable bonds is 7. The van der Waals surface area contributed by atoms with Crippen LogP contribution in [-0.4, -0.2) is 34.9 Å². The quantitative estimate of drug-likeness (QED) is 0.188. The van der Waals surface area contributed by atoms with E-state index in [0.29, 0.717) is 23.5 Å². The number of urea groups is 1. The number of anilines is 2. The molecule has 0 saturated carbocycles. The van der Waals surface area contributed by atoms with E-state index in [4.69, 9.17) is 4.74 Å². The topological polar surface area (TPSA) is 110 Å². The summed E-state index contributed by atoms with van der Waals surface area (Å²) in [6.07, 6.45) is 5.36. The van der Waals surface area contributed by atoms with Gasteiger partial charge in [-0.05, 0) is 94.0 Å². The van der Waals surface area contributed by atoms with E-state index >= 15 is 0 Å². The Bertz CT molecular complexity index is 1840. The van der Waals surface area contributed by atoms with Crippen LogP contribution in [0.3, 0.4) is 0 Å². The molecule has 4 aromatic rings. The van der Waals surface area contributed by atoms with Crippen LogP contribution in [0, 0.1) is 13.8 Å². The van der Waals surface area contributed by atoms with Gasteiger partial charge in [-0.15, -0.1) is 11.3 Å². The van der Waals surface area contributed by atoms with Crippen molar-refractivity contribution < 1.29 is 23.9 Å². The molecule has 1 aliphatic carbocycles. The highest BCUT2D eigenvalue weighted by Gasteiger charge is 2.38. The summed E-state index contributed by atoms with van der Waals surface area (Å²) in [5, 5.41) is 6.17. The first-order chi connectivity index (χ1) is 21.3. The van der Waals surface area contributed by atoms with Gasteiger partial charge < -0.3 is 14.6 Å². The lowest BCUT2D eigenvalue weighted by molar-refractivity contribution is -0.122. The standard InChI is InChI=1S/C34H32N4O5S/c1-4-43-27-16-10-9-15-26(27)38-32(41)25(30(39)36-34(38)42)19-22-18-20(2)37(21(22)3)33-29(24-14-8-11-17-28(24)44-33)31(40)35-23-12-6-5-7-13-23/h5-7,9-10,12-13,15-16,18-19H,4,8,11,14,17H2,1-3H3,(H,35,40)(H,36,39,42)/b25-19+. The highest BCUT2D eigenvalue weighted by atomic mass is 32.1. The SMILES string of the molecule is CCOc1ccccc1N1C(=O)NC(=O)/C(=C\c2cc(C)n(-c3sc4c(c3C(=O)Nc3ccccc3)CCCC4)c2C)C1=O. The molecule has 10 heteroatoms. The first-order valence-corrected chi connectivity index (χ1v) is 15.4. The molecule has 1 fully saturated rings. The largest absolute Gasteiger partial charge is 0.492 e. The molecule has 9 nitrogen and oxygen atoms in total. The van der Waals surface area contributed by atoms with Gasteiger partial charge in [-0.2, -0.15) is 0 Å². The van der Waals surface area contributed by atoms with Gasteiger partial charge in [-0.1, -0.05) is 30.3 Å². The van der Waals surface area contributed by atoms with E-state index in [1.165, 1.54) is 11.0 Å². The Hall–Kier alpha value is -4.96. The zero-order chi connectivity index (χ0) is 31.0. The van der Waals surface area contributed by atoms with Crippen molar-refractivity contribution in [1.29, 1.82) is 0 Å². The molecule has 2 aliphatic rings. The van der Waals surface area contributed by atoms with E-state index in [-0.39, 0.29) is 17.2 Å². The summed E-state index contributed by atoms with van der Waals surface area (Å²) in [6.45, 7) is 5.98. The Morgan fingerprint density at radius 2 is 1.75 bits per heavy atom. The predicted octanol–water partition coefficient (Wildman–Crippen LogP) is 6.35. The van der Waals surface area contributed by atoms with Crippen LogP contribution < -0.4 is 20.3 Å². The summed E-state index contributed by atoms with van der Waals surface area (Å²) in [5.41, 5.74) is 4.78. The number of benzene rings is 2. The number of thiophene rings is 1. The zero-order valence-corrected chi connectivity index (χ0v) is 25.5. The van der Waals surface area contributed by atoms with Gasteiger partial charge in [0.25, 0.3) is 17.7 Å². The maximum Gasteiger partial charge on any atom is 0.336 e. The molecular weight excluding hydrogens is 576 g/mol. The number of aromatic nitrogens is 1. The number of barbiturate groups is 1. The number of aryl methyl sites for hydroxylation is 2. The zero-order valence-electron chi connectivity index (χ0n) is 24.7. The molecule has 2 aromatic carbocycles. The second-order valence-electron chi connectivity index (χ2n) is 10.7. The van der Waals surface area contributed by atoms with Gasteiger partial charge in [-0.3, -0.25) is 19.7 Å². The van der Waals surface area contributed by atoms with Crippen LogP contribution in [0.5, 0.6) is 5.75 Å². The second-order valence-corrected chi connectivity index (χ2v) is 11.8. The summed E-state index contributed by atoms with van der Waals surface area (Å²) < 4.78 is 7.67. The summed E-state index contributed by atoms with van der Waals surface area (Å²) in [5.74, 6) is -1.33. The number of hydrogen-bond acceptors (Lipinski definition) is 6. The minimum Gasteiger partial charge on any atom is -0.492 e. The van der Waals surface area contributed by atoms with E-state index in [2.05, 4.69) is 10.6 Å². The van der Waals surface area contributed by atoms with E-state index in [1.54, 1.807) is 42.5 Å². The molecule has 0 radical (unpaired) electrons. The molecule has 1 saturated heterocycles. The number of ether oxygens (including phenoxy) is 1. The van der Waals surface area contributed by atoms with Crippen molar-refractivity contribution in [3.63, 3.8) is 0 Å². The third kappa shape index (κ3) is 5.22. The molecule has 0 unspecified atom stereocenters. The van der Waals surface area contributed by atoms with Crippen LogP contribution >= 0.6 is 11.3 Å². The summed E-state index contributed by atoms with van der Waals surface area (Å²) in [4.78, 5) is 55.5. The Kier molecular flexibility index (Phi) is 7.92. The Morgan fingerprint density at radius 3 is 2.52 bits per heavy atom. The Morgan fingerprint density at radius 1 is 1.02 bits per heavy atom. The molecule has 1 aliphatic heterocycles. The highest BCUT2D eigenvalue weighted by Crippen LogP contribution is 2.40. The van der Waals surface area contributed by atoms with Crippen LogP contribution in [0.1, 0.15) is 57.5 Å². The maximum atomic E-state index is 13.8. The number of para-hydroxylation sites is 3. The van der Waals surface area contributed by atoms with Gasteiger partial charge in [-0.25, -0.2) is 9.69 Å². The van der Waals surface area contributed by atoms with Crippen LogP contribution in [-0.2, 0) is 22.4 Å². The smallest absolute Gasteiger partial charge is 0.336 e. The van der Waals surface area contributed by atoms with E-state index < -0.39 is 17.8 Å². The van der Waals surface area contributed by atoms with Crippen LogP contribution in [0.4, 0.5) is 16.2 Å². The van der Waals surface area contributed by atoms with Gasteiger partial charge in [0, 0.05) is 22.0 Å². The number of amides is 5. The van der Waals surface area contributed by atoms with Gasteiger partial charge in [0.05, 0.1) is 17.9 Å². The van der Waals surface area contributed by atoms with Crippen LogP contribution in [0.15, 0.2) is 66.2 Å². The molecule has 2 aromatic heterocycles. The minimum atomic E-state index is -0.840. The third-order valence-corrected chi connectivity index (χ3v) is 9.17. The average molecular weight is 609 g/mol. The van der Waals surface area contributed by atoms with Gasteiger partial charge >= 0.3 is 6.03 Å². The van der Waals surface area contributed by atoms with Crippen molar-refractivity contribution in [2.45, 2.75) is 46.5 Å². The van der Waals surface area contributed by atoms with Crippen molar-refractivity contribution in [1.82, 2.24) is 9.88 Å². The highest BCUT2D eigenvalue weighted by molar-refractivity contribution is 7.15. The van der Waals surface area contributed by atoms with Gasteiger partial charge in [0.2, 0.25) is 0 Å². The Labute approximate surface area is 259 Å². The molecule has 3 heterocycles. The number of imide groups is 2. The number of nitrogens with zero attached hydrogens (tertiary/aromatic N) is 2. The third-order valence-electron chi connectivity index (χ3n) is 7.89. The first-order valence-electron chi connectivity index (χ1n) is 14.6. The fourth-order valence-electron chi connectivity index (χ4n) is 5.86. The number of nitrogens with one attached hydrogen (secondary N) is 2. The van der Waals surface area contributed by atoms with E-state index in [0.717, 1.165) is 58.2 Å². The van der Waals surface area contributed by atoms with Gasteiger partial charge in [0.15, 0.2) is 0 Å². The number of hydrogen-bond donors (Lipinski definition) is 2. The van der Waals surface area contributed by atoms with Crippen molar-refractivity contribution in [2.75, 3.05) is 16.8 Å². The minimum absolute atomic E-state index is 0.165. The molecule has 2 N–H and O–H groups in total. The summed E-state index contributed by atoms with van der Waals surface area (Å²) in [6, 6.07) is 17.1. The molecule has 6 rings (SSSR count). The normalized spacial score (nSPS) is 15.8. The van der Waals surface area contributed by atoms with E-state index in [9.17, 15) is 19.2 Å². The fraction of sp³-hybridized carbons (Fsp3) is 0.235. The second kappa shape index (κ2) is 12.0. The predicted molar refractivity (Wildman–Crippen MR) is 171 cm³/mol. The van der Waals surface area contributed by atoms with Crippen molar-refractivity contribution in [3.05, 3.63) is 99.2 Å². The van der Waals surface area contributed by atoms with Crippen LogP contribution in [0.2, 0.25) is 0 Å². The fourth-order valence-corrected chi connectivity index (χ4v) is 7.35. The average Bonchev–Trinajstić information content (AvgIpc) is 3.52. The molecule has 0 spiro atoms.